The predicted octanol–water partition coefficient (Wildman–Crippen LogP) is 5.96. The molecule has 1 unspecified atom stereocenters. The highest BCUT2D eigenvalue weighted by molar-refractivity contribution is 5.87. The fourth-order valence-corrected chi connectivity index (χ4v) is 7.82. The summed E-state index contributed by atoms with van der Waals surface area (Å²) in [5.41, 5.74) is 7.02. The first-order valence-electron chi connectivity index (χ1n) is 14.7. The van der Waals surface area contributed by atoms with E-state index in [0.29, 0.717) is 6.61 Å². The topological polar surface area (TPSA) is 83.1 Å². The van der Waals surface area contributed by atoms with Crippen LogP contribution < -0.4 is 10.2 Å². The predicted molar refractivity (Wildman–Crippen MR) is 151 cm³/mol. The Hall–Kier alpha value is -3.16. The van der Waals surface area contributed by atoms with Crippen LogP contribution in [0.2, 0.25) is 0 Å². The zero-order chi connectivity index (χ0) is 27.5. The Morgan fingerprint density at radius 2 is 1.68 bits per heavy atom. The van der Waals surface area contributed by atoms with E-state index in [9.17, 15) is 9.59 Å². The molecule has 4 bridgehead atoms. The summed E-state index contributed by atoms with van der Waals surface area (Å²) in [6.45, 7) is 0.553. The first kappa shape index (κ1) is 27.0. The molecule has 40 heavy (non-hydrogen) atoms. The molecule has 2 aromatic carbocycles. The maximum Gasteiger partial charge on any atom is 0.330 e. The summed E-state index contributed by atoms with van der Waals surface area (Å²) >= 11 is 0. The first-order chi connectivity index (χ1) is 19.5. The molecule has 0 radical (unpaired) electrons. The Balaban J connectivity index is 1.22. The fourth-order valence-electron chi connectivity index (χ4n) is 7.82. The third-order valence-electron chi connectivity index (χ3n) is 9.25. The molecule has 1 amide bonds. The van der Waals surface area contributed by atoms with Gasteiger partial charge < -0.3 is 14.2 Å². The molecule has 7 nitrogen and oxygen atoms in total. The van der Waals surface area contributed by atoms with Gasteiger partial charge in [0.15, 0.2) is 12.9 Å². The fraction of sp³-hybridized carbons (Fsp3) is 0.515. The van der Waals surface area contributed by atoms with Gasteiger partial charge in [0.1, 0.15) is 5.75 Å². The molecule has 5 aliphatic rings. The van der Waals surface area contributed by atoms with Crippen molar-refractivity contribution < 1.29 is 28.6 Å². The Labute approximate surface area is 236 Å². The lowest BCUT2D eigenvalue weighted by atomic mass is 9.48. The Kier molecular flexibility index (Phi) is 7.94. The van der Waals surface area contributed by atoms with Crippen LogP contribution in [0.5, 0.6) is 5.75 Å². The minimum absolute atomic E-state index is 0.103. The second-order valence-corrected chi connectivity index (χ2v) is 12.1. The van der Waals surface area contributed by atoms with E-state index in [1.165, 1.54) is 57.3 Å². The lowest BCUT2D eigenvalue weighted by Crippen LogP contribution is -2.48. The van der Waals surface area contributed by atoms with Gasteiger partial charge in [-0.2, -0.15) is 0 Å². The molecule has 4 aliphatic carbocycles. The average Bonchev–Trinajstić information content (AvgIpc) is 2.98. The second-order valence-electron chi connectivity index (χ2n) is 12.1. The van der Waals surface area contributed by atoms with E-state index in [4.69, 9.17) is 19.0 Å². The van der Waals surface area contributed by atoms with Crippen molar-refractivity contribution in [3.8, 4) is 16.9 Å². The van der Waals surface area contributed by atoms with Crippen LogP contribution in [-0.4, -0.2) is 38.5 Å². The van der Waals surface area contributed by atoms with E-state index >= 15 is 0 Å². The van der Waals surface area contributed by atoms with Crippen molar-refractivity contribution in [2.45, 2.75) is 69.5 Å². The lowest BCUT2D eigenvalue weighted by Gasteiger charge is -2.57. The molecule has 1 heterocycles. The molecule has 212 valence electrons. The number of esters is 1. The highest BCUT2D eigenvalue weighted by Gasteiger charge is 2.52. The number of hydroxylamine groups is 1. The van der Waals surface area contributed by atoms with Crippen molar-refractivity contribution in [1.82, 2.24) is 5.48 Å². The van der Waals surface area contributed by atoms with E-state index in [0.717, 1.165) is 59.5 Å². The van der Waals surface area contributed by atoms with E-state index in [-0.39, 0.29) is 30.2 Å². The van der Waals surface area contributed by atoms with Gasteiger partial charge in [-0.25, -0.2) is 15.1 Å². The summed E-state index contributed by atoms with van der Waals surface area (Å²) in [6.07, 6.45) is 13.3. The number of methoxy groups -OCH3 is 1. The van der Waals surface area contributed by atoms with Gasteiger partial charge in [-0.05, 0) is 109 Å². The molecular formula is C33H39NO6. The summed E-state index contributed by atoms with van der Waals surface area (Å²) in [7, 11) is 1.37. The number of benzene rings is 2. The maximum absolute atomic E-state index is 12.6. The normalized spacial score (nSPS) is 28.9. The molecule has 1 N–H and O–H groups in total. The third-order valence-corrected chi connectivity index (χ3v) is 9.25. The number of hydrogen-bond acceptors (Lipinski definition) is 6. The van der Waals surface area contributed by atoms with Crippen LogP contribution in [0.15, 0.2) is 48.5 Å². The molecule has 2 aromatic rings. The van der Waals surface area contributed by atoms with Crippen LogP contribution in [0.25, 0.3) is 17.2 Å². The van der Waals surface area contributed by atoms with E-state index < -0.39 is 0 Å². The van der Waals surface area contributed by atoms with E-state index in [2.05, 4.69) is 29.7 Å². The number of carbonyl (C=O) groups is 2. The molecular weight excluding hydrogens is 506 g/mol. The zero-order valence-corrected chi connectivity index (χ0v) is 23.2. The average molecular weight is 546 g/mol. The van der Waals surface area contributed by atoms with Gasteiger partial charge in [-0.3, -0.25) is 4.79 Å². The Morgan fingerprint density at radius 3 is 2.33 bits per heavy atom. The van der Waals surface area contributed by atoms with Crippen LogP contribution in [0.4, 0.5) is 0 Å². The van der Waals surface area contributed by atoms with Gasteiger partial charge in [0.05, 0.1) is 7.11 Å². The van der Waals surface area contributed by atoms with Crippen molar-refractivity contribution in [1.29, 1.82) is 0 Å². The highest BCUT2D eigenvalue weighted by Crippen LogP contribution is 2.62. The molecule has 1 saturated heterocycles. The van der Waals surface area contributed by atoms with Crippen molar-refractivity contribution in [3.63, 3.8) is 0 Å². The second kappa shape index (κ2) is 11.8. The largest absolute Gasteiger partial charge is 0.483 e. The number of nitrogens with one attached hydrogen (secondary N) is 1. The van der Waals surface area contributed by atoms with Crippen LogP contribution in [0.3, 0.4) is 0 Å². The minimum Gasteiger partial charge on any atom is -0.483 e. The van der Waals surface area contributed by atoms with Gasteiger partial charge in [0.25, 0.3) is 5.91 Å². The maximum atomic E-state index is 12.6. The van der Waals surface area contributed by atoms with Gasteiger partial charge in [-0.15, -0.1) is 0 Å². The van der Waals surface area contributed by atoms with Crippen LogP contribution in [0.1, 0.15) is 68.9 Å². The number of amides is 1. The SMILES string of the molecule is COC(=O)C=Cc1ccc(-c2ccc(OCC(=O)NOC3CCCCO3)c(C34CC5CC(CC(C5)C3)C4)c2)cc1. The first-order valence-corrected chi connectivity index (χ1v) is 14.7. The third kappa shape index (κ3) is 5.96. The molecule has 0 aromatic heterocycles. The molecule has 0 spiro atoms. The van der Waals surface area contributed by atoms with Crippen molar-refractivity contribution >= 4 is 18.0 Å². The molecule has 1 atom stereocenters. The van der Waals surface area contributed by atoms with Gasteiger partial charge >= 0.3 is 5.97 Å². The number of rotatable bonds is 9. The molecule has 7 rings (SSSR count). The number of ether oxygens (including phenoxy) is 3. The van der Waals surface area contributed by atoms with Crippen LogP contribution in [-0.2, 0) is 29.3 Å². The van der Waals surface area contributed by atoms with E-state index in [1.54, 1.807) is 6.08 Å². The van der Waals surface area contributed by atoms with Gasteiger partial charge in [0.2, 0.25) is 0 Å². The minimum atomic E-state index is -0.387. The molecule has 7 heteroatoms. The summed E-state index contributed by atoms with van der Waals surface area (Å²) < 4.78 is 16.4. The van der Waals surface area contributed by atoms with Crippen molar-refractivity contribution in [3.05, 3.63) is 59.7 Å². The van der Waals surface area contributed by atoms with Crippen LogP contribution in [0, 0.1) is 17.8 Å². The quantitative estimate of drug-likeness (QED) is 0.238. The molecule has 4 saturated carbocycles. The standard InChI is InChI=1S/C33H39NO6/c1-37-31(36)12-7-22-5-8-26(9-6-22)27-10-11-29(39-21-30(35)34-40-32-4-2-3-13-38-32)28(17-27)33-18-23-14-24(19-33)16-25(15-23)20-33/h5-12,17,23-25,32H,2-4,13-16,18-21H2,1H3,(H,34,35). The van der Waals surface area contributed by atoms with Crippen molar-refractivity contribution in [2.75, 3.05) is 20.3 Å². The summed E-state index contributed by atoms with van der Waals surface area (Å²) in [6, 6.07) is 14.6. The summed E-state index contributed by atoms with van der Waals surface area (Å²) in [4.78, 5) is 29.5. The monoisotopic (exact) mass is 545 g/mol. The molecule has 5 fully saturated rings. The zero-order valence-electron chi connectivity index (χ0n) is 23.2. The summed E-state index contributed by atoms with van der Waals surface area (Å²) in [5, 5.41) is 0. The Morgan fingerprint density at radius 1 is 0.975 bits per heavy atom. The molecule has 1 aliphatic heterocycles. The summed E-state index contributed by atoms with van der Waals surface area (Å²) in [5.74, 6) is 2.47. The highest BCUT2D eigenvalue weighted by atomic mass is 16.8. The van der Waals surface area contributed by atoms with E-state index in [1.807, 2.05) is 18.2 Å². The van der Waals surface area contributed by atoms with Crippen molar-refractivity contribution in [2.24, 2.45) is 17.8 Å². The number of hydrogen-bond donors (Lipinski definition) is 1. The smallest absolute Gasteiger partial charge is 0.330 e. The number of carbonyl (C=O) groups excluding carboxylic acids is 2. The Bertz CT molecular complexity index is 1210. The van der Waals surface area contributed by atoms with Gasteiger partial charge in [-0.1, -0.05) is 30.3 Å². The lowest BCUT2D eigenvalue weighted by molar-refractivity contribution is -0.201. The van der Waals surface area contributed by atoms with Crippen LogP contribution >= 0.6 is 0 Å². The van der Waals surface area contributed by atoms with Gasteiger partial charge in [0, 0.05) is 24.7 Å².